The van der Waals surface area contributed by atoms with Gasteiger partial charge >= 0.3 is 0 Å². The van der Waals surface area contributed by atoms with E-state index in [1.807, 2.05) is 0 Å². The van der Waals surface area contributed by atoms with Crippen LogP contribution in [0.4, 0.5) is 0 Å². The fraction of sp³-hybridized carbons (Fsp3) is 0. The van der Waals surface area contributed by atoms with Crippen molar-refractivity contribution in [2.45, 2.75) is 0 Å². The zero-order valence-electron chi connectivity index (χ0n) is 5.79. The van der Waals surface area contributed by atoms with Crippen LogP contribution in [-0.2, 0) is 0 Å². The smallest absolute Gasteiger partial charge is 0.123 e. The molecule has 4 nitrogen and oxygen atoms in total. The number of aromatic nitrogens is 3. The van der Waals surface area contributed by atoms with Gasteiger partial charge in [0.1, 0.15) is 12.6 Å². The van der Waals surface area contributed by atoms with Crippen molar-refractivity contribution in [2.75, 3.05) is 0 Å². The van der Waals surface area contributed by atoms with Gasteiger partial charge in [-0.3, -0.25) is 0 Å². The third kappa shape index (κ3) is 3.80. The van der Waals surface area contributed by atoms with Gasteiger partial charge < -0.3 is 4.52 Å². The molecule has 0 radical (unpaired) electrons. The van der Waals surface area contributed by atoms with E-state index < -0.39 is 0 Å². The monoisotopic (exact) mass is 149 g/mol. The van der Waals surface area contributed by atoms with E-state index in [4.69, 9.17) is 0 Å². The van der Waals surface area contributed by atoms with Gasteiger partial charge in [0.2, 0.25) is 0 Å². The van der Waals surface area contributed by atoms with Gasteiger partial charge in [0.15, 0.2) is 0 Å². The molecule has 4 heteroatoms. The maximum Gasteiger partial charge on any atom is 0.123 e. The third-order valence-corrected chi connectivity index (χ3v) is 0.825. The highest BCUT2D eigenvalue weighted by atomic mass is 16.5. The number of nitrogens with zero attached hydrogens (tertiary/aromatic N) is 3. The molecule has 0 bridgehead atoms. The topological polar surface area (TPSA) is 51.8 Å². The second kappa shape index (κ2) is 5.10. The number of rotatable bonds is 0. The van der Waals surface area contributed by atoms with Crippen molar-refractivity contribution < 1.29 is 4.52 Å². The van der Waals surface area contributed by atoms with Crippen molar-refractivity contribution in [3.05, 3.63) is 43.3 Å². The third-order valence-electron chi connectivity index (χ3n) is 0.825. The summed E-state index contributed by atoms with van der Waals surface area (Å²) in [6.07, 6.45) is 7.97. The maximum absolute atomic E-state index is 4.33. The van der Waals surface area contributed by atoms with E-state index in [1.54, 1.807) is 30.7 Å². The van der Waals surface area contributed by atoms with Crippen LogP contribution >= 0.6 is 0 Å². The highest BCUT2D eigenvalue weighted by molar-refractivity contribution is 4.74. The Morgan fingerprint density at radius 1 is 0.909 bits per heavy atom. The summed E-state index contributed by atoms with van der Waals surface area (Å²) in [4.78, 5) is 7.35. The Bertz CT molecular complexity index is 200. The molecular weight excluding hydrogens is 142 g/mol. The van der Waals surface area contributed by atoms with E-state index in [0.29, 0.717) is 0 Å². The van der Waals surface area contributed by atoms with Gasteiger partial charge in [0.25, 0.3) is 0 Å². The minimum Gasteiger partial charge on any atom is -0.365 e. The molecule has 0 atom stereocenters. The van der Waals surface area contributed by atoms with Crippen molar-refractivity contribution in [2.24, 2.45) is 0 Å². The quantitative estimate of drug-likeness (QED) is 0.563. The molecule has 2 aromatic heterocycles. The first-order valence-corrected chi connectivity index (χ1v) is 3.04. The summed E-state index contributed by atoms with van der Waals surface area (Å²) >= 11 is 0. The molecule has 0 unspecified atom stereocenters. The molecule has 0 saturated carbocycles. The zero-order valence-corrected chi connectivity index (χ0v) is 5.79. The van der Waals surface area contributed by atoms with Crippen LogP contribution < -0.4 is 0 Å². The van der Waals surface area contributed by atoms with E-state index in [2.05, 4.69) is 19.6 Å². The highest BCUT2D eigenvalue weighted by Gasteiger charge is 1.60. The Labute approximate surface area is 63.9 Å². The molecule has 0 aliphatic heterocycles. The van der Waals surface area contributed by atoms with E-state index in [0.717, 1.165) is 0 Å². The van der Waals surface area contributed by atoms with Gasteiger partial charge in [0, 0.05) is 12.4 Å². The first-order valence-electron chi connectivity index (χ1n) is 3.04. The summed E-state index contributed by atoms with van der Waals surface area (Å²) in [7, 11) is 0. The molecule has 0 amide bonds. The van der Waals surface area contributed by atoms with Gasteiger partial charge in [-0.25, -0.2) is 9.97 Å². The Morgan fingerprint density at radius 3 is 1.91 bits per heavy atom. The zero-order chi connectivity index (χ0) is 7.78. The molecule has 0 spiro atoms. The largest absolute Gasteiger partial charge is 0.365 e. The van der Waals surface area contributed by atoms with E-state index >= 15 is 0 Å². The molecule has 11 heavy (non-hydrogen) atoms. The lowest BCUT2D eigenvalue weighted by molar-refractivity contribution is 0.420. The summed E-state index contributed by atoms with van der Waals surface area (Å²) in [6.45, 7) is 0. The molecule has 0 aliphatic carbocycles. The molecule has 2 rings (SSSR count). The Balaban J connectivity index is 0.000000112. The Morgan fingerprint density at radius 2 is 1.73 bits per heavy atom. The highest BCUT2D eigenvalue weighted by Crippen LogP contribution is 1.72. The number of hydrogen-bond donors (Lipinski definition) is 0. The molecule has 2 heterocycles. The van der Waals surface area contributed by atoms with E-state index in [-0.39, 0.29) is 0 Å². The molecular formula is C7H7N3O. The normalized spacial score (nSPS) is 8.00. The maximum atomic E-state index is 4.33. The van der Waals surface area contributed by atoms with Crippen LogP contribution in [0, 0.1) is 0 Å². The minimum absolute atomic E-state index is 1.50. The molecule has 0 fully saturated rings. The molecule has 0 saturated heterocycles. The fourth-order valence-corrected chi connectivity index (χ4v) is 0.429. The predicted octanol–water partition coefficient (Wildman–Crippen LogP) is 1.15. The minimum atomic E-state index is 1.50. The average Bonchev–Trinajstić information content (AvgIpc) is 2.64. The van der Waals surface area contributed by atoms with Crippen molar-refractivity contribution in [3.8, 4) is 0 Å². The predicted molar refractivity (Wildman–Crippen MR) is 38.5 cm³/mol. The van der Waals surface area contributed by atoms with Gasteiger partial charge in [0.05, 0.1) is 6.20 Å². The second-order valence-electron chi connectivity index (χ2n) is 1.59. The first-order chi connectivity index (χ1) is 5.50. The summed E-state index contributed by atoms with van der Waals surface area (Å²) in [5.41, 5.74) is 0. The van der Waals surface area contributed by atoms with Crippen LogP contribution in [0.1, 0.15) is 0 Å². The van der Waals surface area contributed by atoms with E-state index in [1.165, 1.54) is 12.6 Å². The standard InChI is InChI=1S/C4H4N2.C3H3NO/c1-2-5-4-6-3-1;1-2-4-5-3-1/h1-4H;1-3H. The fourth-order valence-electron chi connectivity index (χ4n) is 0.429. The van der Waals surface area contributed by atoms with Crippen LogP contribution in [0.25, 0.3) is 0 Å². The lowest BCUT2D eigenvalue weighted by atomic mass is 10.7. The molecule has 0 N–H and O–H groups in total. The van der Waals surface area contributed by atoms with Gasteiger partial charge in [-0.2, -0.15) is 0 Å². The molecule has 2 aromatic rings. The van der Waals surface area contributed by atoms with Crippen LogP contribution in [0.15, 0.2) is 47.8 Å². The van der Waals surface area contributed by atoms with Crippen molar-refractivity contribution in [3.63, 3.8) is 0 Å². The molecule has 0 aromatic carbocycles. The van der Waals surface area contributed by atoms with Crippen LogP contribution in [0.2, 0.25) is 0 Å². The second-order valence-corrected chi connectivity index (χ2v) is 1.59. The summed E-state index contributed by atoms with van der Waals surface area (Å²) < 4.78 is 4.33. The number of hydrogen-bond acceptors (Lipinski definition) is 4. The summed E-state index contributed by atoms with van der Waals surface area (Å²) in [5.74, 6) is 0. The van der Waals surface area contributed by atoms with Crippen molar-refractivity contribution >= 4 is 0 Å². The SMILES string of the molecule is c1cncnc1.c1cnoc1. The molecule has 0 aliphatic rings. The van der Waals surface area contributed by atoms with Crippen LogP contribution in [0.3, 0.4) is 0 Å². The molecule has 56 valence electrons. The van der Waals surface area contributed by atoms with Gasteiger partial charge in [-0.1, -0.05) is 5.16 Å². The first kappa shape index (κ1) is 7.40. The lowest BCUT2D eigenvalue weighted by Gasteiger charge is -1.70. The van der Waals surface area contributed by atoms with Crippen LogP contribution in [0.5, 0.6) is 0 Å². The van der Waals surface area contributed by atoms with Crippen molar-refractivity contribution in [1.82, 2.24) is 15.1 Å². The van der Waals surface area contributed by atoms with Crippen molar-refractivity contribution in [1.29, 1.82) is 0 Å². The Kier molecular flexibility index (Phi) is 3.43. The van der Waals surface area contributed by atoms with E-state index in [9.17, 15) is 0 Å². The van der Waals surface area contributed by atoms with Gasteiger partial charge in [-0.15, -0.1) is 0 Å². The summed E-state index contributed by atoms with van der Waals surface area (Å²) in [5, 5.41) is 3.35. The average molecular weight is 149 g/mol. The Hall–Kier alpha value is -1.71. The summed E-state index contributed by atoms with van der Waals surface area (Å²) in [6, 6.07) is 3.50. The van der Waals surface area contributed by atoms with Gasteiger partial charge in [-0.05, 0) is 12.1 Å². The van der Waals surface area contributed by atoms with Crippen LogP contribution in [-0.4, -0.2) is 15.1 Å². The lowest BCUT2D eigenvalue weighted by Crippen LogP contribution is -1.66.